The molecule has 0 radical (unpaired) electrons. The van der Waals surface area contributed by atoms with Gasteiger partial charge in [0, 0.05) is 38.8 Å². The van der Waals surface area contributed by atoms with Crippen LogP contribution in [0, 0.1) is 0 Å². The molecule has 0 bridgehead atoms. The minimum Gasteiger partial charge on any atom is -0.354 e. The summed E-state index contributed by atoms with van der Waals surface area (Å²) in [6, 6.07) is 3.91. The molecule has 0 saturated carbocycles. The lowest BCUT2D eigenvalue weighted by Gasteiger charge is -2.28. The maximum Gasteiger partial charge on any atom is 0.234 e. The van der Waals surface area contributed by atoms with Gasteiger partial charge in [-0.3, -0.25) is 14.9 Å². The van der Waals surface area contributed by atoms with Crippen LogP contribution in [0.3, 0.4) is 0 Å². The lowest BCUT2D eigenvalue weighted by atomic mass is 9.92. The van der Waals surface area contributed by atoms with Crippen LogP contribution in [0.25, 0.3) is 0 Å². The molecule has 106 valence electrons. The molecule has 2 N–H and O–H groups in total. The van der Waals surface area contributed by atoms with Gasteiger partial charge in [-0.1, -0.05) is 6.07 Å². The van der Waals surface area contributed by atoms with E-state index in [-0.39, 0.29) is 17.7 Å². The van der Waals surface area contributed by atoms with E-state index < -0.39 is 0 Å². The van der Waals surface area contributed by atoms with Gasteiger partial charge in [0.25, 0.3) is 0 Å². The van der Waals surface area contributed by atoms with E-state index in [1.807, 2.05) is 12.1 Å². The van der Waals surface area contributed by atoms with Crippen molar-refractivity contribution in [3.63, 3.8) is 0 Å². The van der Waals surface area contributed by atoms with Crippen molar-refractivity contribution in [3.05, 3.63) is 23.9 Å². The summed E-state index contributed by atoms with van der Waals surface area (Å²) in [5.41, 5.74) is 0.883. The molecule has 2 amide bonds. The van der Waals surface area contributed by atoms with E-state index >= 15 is 0 Å². The highest BCUT2D eigenvalue weighted by molar-refractivity contribution is 6.00. The summed E-state index contributed by atoms with van der Waals surface area (Å²) >= 11 is 0. The molecule has 2 saturated heterocycles. The largest absolute Gasteiger partial charge is 0.354 e. The Morgan fingerprint density at radius 2 is 2.00 bits per heavy atom. The van der Waals surface area contributed by atoms with Crippen molar-refractivity contribution >= 4 is 17.6 Å². The molecule has 6 heteroatoms. The number of hydrogen-bond donors (Lipinski definition) is 2. The molecule has 2 aliphatic heterocycles. The van der Waals surface area contributed by atoms with Crippen molar-refractivity contribution in [2.75, 3.05) is 31.1 Å². The summed E-state index contributed by atoms with van der Waals surface area (Å²) in [6.45, 7) is 3.84. The van der Waals surface area contributed by atoms with Gasteiger partial charge in [-0.15, -0.1) is 0 Å². The second-order valence-electron chi connectivity index (χ2n) is 5.19. The van der Waals surface area contributed by atoms with Crippen LogP contribution in [0.15, 0.2) is 18.3 Å². The maximum atomic E-state index is 11.8. The minimum atomic E-state index is -0.253. The number of imide groups is 1. The lowest BCUT2D eigenvalue weighted by Crippen LogP contribution is -2.44. The first-order valence-corrected chi connectivity index (χ1v) is 6.99. The first-order valence-electron chi connectivity index (χ1n) is 6.99. The summed E-state index contributed by atoms with van der Waals surface area (Å²) < 4.78 is 0. The van der Waals surface area contributed by atoms with Crippen LogP contribution >= 0.6 is 0 Å². The van der Waals surface area contributed by atoms with Crippen molar-refractivity contribution in [1.29, 1.82) is 0 Å². The zero-order chi connectivity index (χ0) is 13.9. The van der Waals surface area contributed by atoms with Crippen LogP contribution in [0.4, 0.5) is 5.82 Å². The molecule has 20 heavy (non-hydrogen) atoms. The molecule has 0 aliphatic carbocycles. The van der Waals surface area contributed by atoms with Crippen molar-refractivity contribution in [2.45, 2.75) is 18.8 Å². The summed E-state index contributed by atoms with van der Waals surface area (Å²) in [5, 5.41) is 5.68. The zero-order valence-corrected chi connectivity index (χ0v) is 11.3. The highest BCUT2D eigenvalue weighted by Gasteiger charge is 2.28. The zero-order valence-electron chi connectivity index (χ0n) is 11.3. The number of piperazine rings is 1. The van der Waals surface area contributed by atoms with Gasteiger partial charge >= 0.3 is 0 Å². The molecule has 0 aromatic carbocycles. The predicted octanol–water partition coefficient (Wildman–Crippen LogP) is 0.0114. The molecule has 1 atom stereocenters. The number of amides is 2. The smallest absolute Gasteiger partial charge is 0.234 e. The van der Waals surface area contributed by atoms with Gasteiger partial charge < -0.3 is 10.2 Å². The first-order chi connectivity index (χ1) is 9.74. The van der Waals surface area contributed by atoms with E-state index in [9.17, 15) is 9.59 Å². The number of hydrogen-bond acceptors (Lipinski definition) is 5. The first kappa shape index (κ1) is 13.1. The van der Waals surface area contributed by atoms with Crippen LogP contribution in [0.1, 0.15) is 24.3 Å². The third-order valence-electron chi connectivity index (χ3n) is 3.85. The van der Waals surface area contributed by atoms with Crippen LogP contribution in [-0.4, -0.2) is 43.0 Å². The number of anilines is 1. The Morgan fingerprint density at radius 3 is 2.65 bits per heavy atom. The molecule has 0 unspecified atom stereocenters. The average Bonchev–Trinajstić information content (AvgIpc) is 2.48. The Bertz CT molecular complexity index is 508. The van der Waals surface area contributed by atoms with Crippen molar-refractivity contribution in [1.82, 2.24) is 15.6 Å². The Kier molecular flexibility index (Phi) is 3.64. The van der Waals surface area contributed by atoms with Gasteiger partial charge in [-0.05, 0) is 18.1 Å². The van der Waals surface area contributed by atoms with Crippen LogP contribution < -0.4 is 15.5 Å². The predicted molar refractivity (Wildman–Crippen MR) is 74.4 cm³/mol. The SMILES string of the molecule is O=C1CC[C@@H](c2ccc(N3CCNCC3)nc2)C(=O)N1. The number of pyridine rings is 1. The van der Waals surface area contributed by atoms with Crippen LogP contribution in [0.5, 0.6) is 0 Å². The molecule has 0 spiro atoms. The van der Waals surface area contributed by atoms with Gasteiger partial charge in [-0.25, -0.2) is 4.98 Å². The summed E-state index contributed by atoms with van der Waals surface area (Å²) in [5.74, 6) is 0.300. The average molecular weight is 274 g/mol. The van der Waals surface area contributed by atoms with Gasteiger partial charge in [0.05, 0.1) is 5.92 Å². The highest BCUT2D eigenvalue weighted by atomic mass is 16.2. The Hall–Kier alpha value is -1.95. The molecule has 3 heterocycles. The van der Waals surface area contributed by atoms with Crippen LogP contribution in [0.2, 0.25) is 0 Å². The number of carbonyl (C=O) groups excluding carboxylic acids is 2. The van der Waals surface area contributed by atoms with E-state index in [0.717, 1.165) is 37.6 Å². The van der Waals surface area contributed by atoms with E-state index in [4.69, 9.17) is 0 Å². The third-order valence-corrected chi connectivity index (χ3v) is 3.85. The number of carbonyl (C=O) groups is 2. The molecule has 3 rings (SSSR count). The maximum absolute atomic E-state index is 11.8. The molecular weight excluding hydrogens is 256 g/mol. The fraction of sp³-hybridized carbons (Fsp3) is 0.500. The molecule has 2 aliphatic rings. The quantitative estimate of drug-likeness (QED) is 0.743. The van der Waals surface area contributed by atoms with Gasteiger partial charge in [-0.2, -0.15) is 0 Å². The Morgan fingerprint density at radius 1 is 1.20 bits per heavy atom. The number of nitrogens with zero attached hydrogens (tertiary/aromatic N) is 2. The van der Waals surface area contributed by atoms with E-state index in [1.54, 1.807) is 6.20 Å². The van der Waals surface area contributed by atoms with Crippen molar-refractivity contribution in [2.24, 2.45) is 0 Å². The van der Waals surface area contributed by atoms with Crippen LogP contribution in [-0.2, 0) is 9.59 Å². The standard InChI is InChI=1S/C14H18N4O2/c19-13-4-2-11(14(20)17-13)10-1-3-12(16-9-10)18-7-5-15-6-8-18/h1,3,9,11,15H,2,4-8H2,(H,17,19,20)/t11-/m0/s1. The summed E-state index contributed by atoms with van der Waals surface area (Å²) in [7, 11) is 0. The van der Waals surface area contributed by atoms with Gasteiger partial charge in [0.1, 0.15) is 5.82 Å². The van der Waals surface area contributed by atoms with E-state index in [2.05, 4.69) is 20.5 Å². The van der Waals surface area contributed by atoms with E-state index in [0.29, 0.717) is 12.8 Å². The molecule has 6 nitrogen and oxygen atoms in total. The fourth-order valence-corrected chi connectivity index (χ4v) is 2.70. The third kappa shape index (κ3) is 2.65. The fourth-order valence-electron chi connectivity index (χ4n) is 2.70. The lowest BCUT2D eigenvalue weighted by molar-refractivity contribution is -0.134. The normalized spacial score (nSPS) is 23.6. The Labute approximate surface area is 117 Å². The summed E-state index contributed by atoms with van der Waals surface area (Å²) in [6.07, 6.45) is 2.73. The summed E-state index contributed by atoms with van der Waals surface area (Å²) in [4.78, 5) is 29.7. The minimum absolute atomic E-state index is 0.184. The monoisotopic (exact) mass is 274 g/mol. The molecule has 1 aromatic rings. The van der Waals surface area contributed by atoms with Crippen molar-refractivity contribution < 1.29 is 9.59 Å². The number of piperidine rings is 1. The number of aromatic nitrogens is 1. The molecule has 2 fully saturated rings. The van der Waals surface area contributed by atoms with Gasteiger partial charge in [0.15, 0.2) is 0 Å². The van der Waals surface area contributed by atoms with Crippen molar-refractivity contribution in [3.8, 4) is 0 Å². The molecule has 1 aromatic heterocycles. The Balaban J connectivity index is 1.72. The molecular formula is C14H18N4O2. The number of rotatable bonds is 2. The highest BCUT2D eigenvalue weighted by Crippen LogP contribution is 2.25. The topological polar surface area (TPSA) is 74.3 Å². The van der Waals surface area contributed by atoms with E-state index in [1.165, 1.54) is 0 Å². The second-order valence-corrected chi connectivity index (χ2v) is 5.19. The second kappa shape index (κ2) is 5.58. The number of nitrogens with one attached hydrogen (secondary N) is 2. The van der Waals surface area contributed by atoms with Gasteiger partial charge in [0.2, 0.25) is 11.8 Å².